The normalized spacial score (nSPS) is 12.9. The summed E-state index contributed by atoms with van der Waals surface area (Å²) in [5.41, 5.74) is 2.74. The Hall–Kier alpha value is -0.510. The van der Waals surface area contributed by atoms with Crippen LogP contribution in [0.3, 0.4) is 0 Å². The second-order valence-corrected chi connectivity index (χ2v) is 6.78. The summed E-state index contributed by atoms with van der Waals surface area (Å²) >= 11 is 1.97. The van der Waals surface area contributed by atoms with Gasteiger partial charge >= 0.3 is 0 Å². The van der Waals surface area contributed by atoms with Gasteiger partial charge in [0, 0.05) is 30.3 Å². The lowest BCUT2D eigenvalue weighted by Crippen LogP contribution is -2.19. The van der Waals surface area contributed by atoms with Crippen molar-refractivity contribution in [2.24, 2.45) is 5.92 Å². The van der Waals surface area contributed by atoms with E-state index in [2.05, 4.69) is 51.2 Å². The lowest BCUT2D eigenvalue weighted by molar-refractivity contribution is 0.199. The van der Waals surface area contributed by atoms with Crippen LogP contribution in [-0.4, -0.2) is 25.5 Å². The Labute approximate surface area is 122 Å². The van der Waals surface area contributed by atoms with Crippen LogP contribution in [0.2, 0.25) is 0 Å². The largest absolute Gasteiger partial charge is 0.383 e. The minimum absolute atomic E-state index is 0.657. The van der Waals surface area contributed by atoms with Crippen LogP contribution >= 0.6 is 11.8 Å². The molecule has 0 fully saturated rings. The van der Waals surface area contributed by atoms with Crippen molar-refractivity contribution in [2.75, 3.05) is 20.3 Å². The van der Waals surface area contributed by atoms with Crippen molar-refractivity contribution in [1.29, 1.82) is 0 Å². The summed E-state index contributed by atoms with van der Waals surface area (Å²) in [6, 6.07) is 6.78. The van der Waals surface area contributed by atoms with Crippen LogP contribution in [0.15, 0.2) is 23.1 Å². The van der Waals surface area contributed by atoms with Gasteiger partial charge in [0.25, 0.3) is 0 Å². The van der Waals surface area contributed by atoms with Crippen LogP contribution in [0.5, 0.6) is 0 Å². The first-order chi connectivity index (χ1) is 9.04. The van der Waals surface area contributed by atoms with Gasteiger partial charge in [-0.05, 0) is 36.1 Å². The number of nitrogens with one attached hydrogen (secondary N) is 1. The molecule has 0 aromatic heterocycles. The summed E-state index contributed by atoms with van der Waals surface area (Å²) < 4.78 is 5.03. The molecule has 0 aliphatic rings. The minimum atomic E-state index is 0.657. The summed E-state index contributed by atoms with van der Waals surface area (Å²) in [5, 5.41) is 4.05. The summed E-state index contributed by atoms with van der Waals surface area (Å²) in [4.78, 5) is 1.37. The predicted octanol–water partition coefficient (Wildman–Crippen LogP) is 3.87. The molecule has 1 aromatic rings. The standard InChI is InChI=1S/C16H27NOS/c1-12(2)14(4)19-16-7-6-15(13(3)10-16)11-17-8-9-18-5/h6-7,10,12,14,17H,8-9,11H2,1-5H3. The zero-order valence-corrected chi connectivity index (χ0v) is 13.6. The van der Waals surface area contributed by atoms with Gasteiger partial charge in [-0.2, -0.15) is 0 Å². The lowest BCUT2D eigenvalue weighted by atomic mass is 10.1. The SMILES string of the molecule is COCCNCc1ccc(SC(C)C(C)C)cc1C. The van der Waals surface area contributed by atoms with E-state index in [0.29, 0.717) is 11.2 Å². The molecule has 0 aliphatic heterocycles. The van der Waals surface area contributed by atoms with Gasteiger partial charge in [0.1, 0.15) is 0 Å². The first-order valence-corrected chi connectivity index (χ1v) is 7.88. The number of ether oxygens (including phenoxy) is 1. The second-order valence-electron chi connectivity index (χ2n) is 5.32. The molecule has 2 nitrogen and oxygen atoms in total. The fraction of sp³-hybridized carbons (Fsp3) is 0.625. The molecule has 1 atom stereocenters. The van der Waals surface area contributed by atoms with Crippen LogP contribution in [0.1, 0.15) is 31.9 Å². The number of thioether (sulfide) groups is 1. The van der Waals surface area contributed by atoms with Crippen LogP contribution in [-0.2, 0) is 11.3 Å². The number of hydrogen-bond acceptors (Lipinski definition) is 3. The van der Waals surface area contributed by atoms with Crippen molar-refractivity contribution in [2.45, 2.75) is 44.4 Å². The molecule has 1 unspecified atom stereocenters. The Morgan fingerprint density at radius 2 is 2.00 bits per heavy atom. The maximum Gasteiger partial charge on any atom is 0.0587 e. The van der Waals surface area contributed by atoms with E-state index >= 15 is 0 Å². The van der Waals surface area contributed by atoms with Gasteiger partial charge in [0.2, 0.25) is 0 Å². The van der Waals surface area contributed by atoms with Crippen molar-refractivity contribution in [3.8, 4) is 0 Å². The molecule has 0 saturated heterocycles. The molecule has 0 amide bonds. The average molecular weight is 281 g/mol. The first kappa shape index (κ1) is 16.5. The van der Waals surface area contributed by atoms with Crippen molar-refractivity contribution >= 4 is 11.8 Å². The molecule has 0 heterocycles. The molecule has 0 bridgehead atoms. The van der Waals surface area contributed by atoms with Crippen LogP contribution in [0, 0.1) is 12.8 Å². The van der Waals surface area contributed by atoms with Gasteiger partial charge in [-0.25, -0.2) is 0 Å². The molecule has 1 aromatic carbocycles. The summed E-state index contributed by atoms with van der Waals surface area (Å²) in [7, 11) is 1.73. The van der Waals surface area contributed by atoms with E-state index in [0.717, 1.165) is 19.7 Å². The first-order valence-electron chi connectivity index (χ1n) is 7.00. The Balaban J connectivity index is 2.54. The van der Waals surface area contributed by atoms with Crippen molar-refractivity contribution in [1.82, 2.24) is 5.32 Å². The Bertz CT molecular complexity index is 379. The average Bonchev–Trinajstić information content (AvgIpc) is 2.36. The van der Waals surface area contributed by atoms with Crippen molar-refractivity contribution in [3.63, 3.8) is 0 Å². The third-order valence-corrected chi connectivity index (χ3v) is 4.82. The van der Waals surface area contributed by atoms with Crippen LogP contribution in [0.4, 0.5) is 0 Å². The molecule has 1 N–H and O–H groups in total. The van der Waals surface area contributed by atoms with Crippen molar-refractivity contribution in [3.05, 3.63) is 29.3 Å². The zero-order chi connectivity index (χ0) is 14.3. The van der Waals surface area contributed by atoms with E-state index < -0.39 is 0 Å². The number of benzene rings is 1. The molecule has 3 heteroatoms. The minimum Gasteiger partial charge on any atom is -0.383 e. The topological polar surface area (TPSA) is 21.3 Å². The second kappa shape index (κ2) is 8.62. The number of methoxy groups -OCH3 is 1. The van der Waals surface area contributed by atoms with Crippen molar-refractivity contribution < 1.29 is 4.74 Å². The maximum atomic E-state index is 5.03. The summed E-state index contributed by atoms with van der Waals surface area (Å²) in [6.07, 6.45) is 0. The number of aryl methyl sites for hydroxylation is 1. The highest BCUT2D eigenvalue weighted by atomic mass is 32.2. The highest BCUT2D eigenvalue weighted by molar-refractivity contribution is 8.00. The fourth-order valence-electron chi connectivity index (χ4n) is 1.69. The molecule has 19 heavy (non-hydrogen) atoms. The zero-order valence-electron chi connectivity index (χ0n) is 12.8. The van der Waals surface area contributed by atoms with Gasteiger partial charge in [-0.15, -0.1) is 11.8 Å². The highest BCUT2D eigenvalue weighted by Gasteiger charge is 2.09. The monoisotopic (exact) mass is 281 g/mol. The fourth-order valence-corrected chi connectivity index (χ4v) is 2.78. The smallest absolute Gasteiger partial charge is 0.0587 e. The van der Waals surface area contributed by atoms with Gasteiger partial charge in [-0.1, -0.05) is 26.8 Å². The molecular formula is C16H27NOS. The van der Waals surface area contributed by atoms with E-state index in [9.17, 15) is 0 Å². The number of hydrogen-bond donors (Lipinski definition) is 1. The highest BCUT2D eigenvalue weighted by Crippen LogP contribution is 2.29. The Morgan fingerprint density at radius 3 is 2.58 bits per heavy atom. The van der Waals surface area contributed by atoms with Gasteiger partial charge in [0.15, 0.2) is 0 Å². The van der Waals surface area contributed by atoms with Gasteiger partial charge < -0.3 is 10.1 Å². The number of rotatable bonds is 8. The molecule has 108 valence electrons. The Kier molecular flexibility index (Phi) is 7.51. The molecular weight excluding hydrogens is 254 g/mol. The van der Waals surface area contributed by atoms with Gasteiger partial charge in [0.05, 0.1) is 6.61 Å². The molecule has 0 radical (unpaired) electrons. The van der Waals surface area contributed by atoms with E-state index in [1.54, 1.807) is 7.11 Å². The van der Waals surface area contributed by atoms with E-state index in [-0.39, 0.29) is 0 Å². The molecule has 0 aliphatic carbocycles. The van der Waals surface area contributed by atoms with Gasteiger partial charge in [-0.3, -0.25) is 0 Å². The van der Waals surface area contributed by atoms with E-state index in [1.807, 2.05) is 11.8 Å². The molecule has 1 rings (SSSR count). The Morgan fingerprint density at radius 1 is 1.26 bits per heavy atom. The predicted molar refractivity (Wildman–Crippen MR) is 84.9 cm³/mol. The molecule has 0 spiro atoms. The van der Waals surface area contributed by atoms with E-state index in [1.165, 1.54) is 16.0 Å². The quantitative estimate of drug-likeness (QED) is 0.577. The third-order valence-electron chi connectivity index (χ3n) is 3.37. The maximum absolute atomic E-state index is 5.03. The summed E-state index contributed by atoms with van der Waals surface area (Å²) in [6.45, 7) is 11.6. The summed E-state index contributed by atoms with van der Waals surface area (Å²) in [5.74, 6) is 0.709. The van der Waals surface area contributed by atoms with Crippen LogP contribution in [0.25, 0.3) is 0 Å². The molecule has 0 saturated carbocycles. The van der Waals surface area contributed by atoms with E-state index in [4.69, 9.17) is 4.74 Å². The third kappa shape index (κ3) is 5.98. The lowest BCUT2D eigenvalue weighted by Gasteiger charge is -2.16. The van der Waals surface area contributed by atoms with Crippen LogP contribution < -0.4 is 5.32 Å².